The Morgan fingerprint density at radius 2 is 1.68 bits per heavy atom. The van der Waals surface area contributed by atoms with Gasteiger partial charge in [-0.3, -0.25) is 0 Å². The molecule has 0 heterocycles. The van der Waals surface area contributed by atoms with Crippen molar-refractivity contribution in [1.29, 1.82) is 0 Å². The van der Waals surface area contributed by atoms with Crippen LogP contribution in [0.2, 0.25) is 0 Å². The van der Waals surface area contributed by atoms with Gasteiger partial charge in [-0.1, -0.05) is 40.2 Å². The molecule has 1 N–H and O–H groups in total. The van der Waals surface area contributed by atoms with Crippen LogP contribution in [0.15, 0.2) is 40.9 Å². The monoisotopic (exact) mass is 318 g/mol. The van der Waals surface area contributed by atoms with Crippen molar-refractivity contribution >= 4 is 15.9 Å². The molecule has 1 unspecified atom stereocenters. The molecule has 2 heteroatoms. The van der Waals surface area contributed by atoms with E-state index in [4.69, 9.17) is 0 Å². The van der Waals surface area contributed by atoms with Crippen LogP contribution in [0.5, 0.6) is 0 Å². The summed E-state index contributed by atoms with van der Waals surface area (Å²) in [6, 6.07) is 12.3. The molecule has 1 atom stereocenters. The van der Waals surface area contributed by atoms with Gasteiger partial charge in [-0.2, -0.15) is 0 Å². The van der Waals surface area contributed by atoms with E-state index in [1.165, 1.54) is 16.7 Å². The molecule has 2 rings (SSSR count). The Kier molecular flexibility index (Phi) is 4.43. The summed E-state index contributed by atoms with van der Waals surface area (Å²) in [6.45, 7) is 6.24. The Labute approximate surface area is 123 Å². The van der Waals surface area contributed by atoms with Gasteiger partial charge < -0.3 is 5.11 Å². The quantitative estimate of drug-likeness (QED) is 0.873. The second-order valence-corrected chi connectivity index (χ2v) is 6.07. The van der Waals surface area contributed by atoms with E-state index >= 15 is 0 Å². The van der Waals surface area contributed by atoms with Crippen molar-refractivity contribution in [1.82, 2.24) is 0 Å². The average Bonchev–Trinajstić information content (AvgIpc) is 2.32. The van der Waals surface area contributed by atoms with Crippen LogP contribution in [-0.4, -0.2) is 5.11 Å². The zero-order valence-electron chi connectivity index (χ0n) is 11.6. The minimum atomic E-state index is -0.462. The molecule has 0 aromatic heterocycles. The van der Waals surface area contributed by atoms with Gasteiger partial charge in [-0.05, 0) is 60.7 Å². The molecular weight excluding hydrogens is 300 g/mol. The fraction of sp³-hybridized carbons (Fsp3) is 0.294. The number of rotatable bonds is 3. The first-order valence-corrected chi connectivity index (χ1v) is 7.27. The van der Waals surface area contributed by atoms with Crippen molar-refractivity contribution in [3.8, 4) is 0 Å². The van der Waals surface area contributed by atoms with E-state index in [9.17, 15) is 5.11 Å². The fourth-order valence-corrected chi connectivity index (χ4v) is 3.06. The standard InChI is InChI=1S/C17H19BrO/c1-11-7-14(9-15(18)8-11)17(19)10-16-12(2)5-4-6-13(16)3/h4-9,17,19H,10H2,1-3H3. The van der Waals surface area contributed by atoms with Crippen LogP contribution >= 0.6 is 15.9 Å². The summed E-state index contributed by atoms with van der Waals surface area (Å²) in [5, 5.41) is 10.5. The molecule has 0 saturated carbocycles. The van der Waals surface area contributed by atoms with Gasteiger partial charge in [0.2, 0.25) is 0 Å². The van der Waals surface area contributed by atoms with Crippen LogP contribution in [0, 0.1) is 20.8 Å². The molecule has 0 fully saturated rings. The molecule has 19 heavy (non-hydrogen) atoms. The third-order valence-corrected chi connectivity index (χ3v) is 3.95. The number of hydrogen-bond acceptors (Lipinski definition) is 1. The van der Waals surface area contributed by atoms with Gasteiger partial charge in [-0.15, -0.1) is 0 Å². The predicted molar refractivity (Wildman–Crippen MR) is 83.5 cm³/mol. The highest BCUT2D eigenvalue weighted by molar-refractivity contribution is 9.10. The zero-order valence-corrected chi connectivity index (χ0v) is 13.2. The molecule has 0 saturated heterocycles. The number of halogens is 1. The highest BCUT2D eigenvalue weighted by Crippen LogP contribution is 2.26. The van der Waals surface area contributed by atoms with Gasteiger partial charge in [0.25, 0.3) is 0 Å². The molecular formula is C17H19BrO. The maximum Gasteiger partial charge on any atom is 0.0831 e. The second kappa shape index (κ2) is 5.89. The van der Waals surface area contributed by atoms with E-state index < -0.39 is 6.10 Å². The summed E-state index contributed by atoms with van der Waals surface area (Å²) in [6.07, 6.45) is 0.199. The van der Waals surface area contributed by atoms with E-state index in [1.54, 1.807) is 0 Å². The lowest BCUT2D eigenvalue weighted by molar-refractivity contribution is 0.178. The highest BCUT2D eigenvalue weighted by atomic mass is 79.9. The van der Waals surface area contributed by atoms with Crippen molar-refractivity contribution in [2.24, 2.45) is 0 Å². The molecule has 0 bridgehead atoms. The molecule has 1 nitrogen and oxygen atoms in total. The van der Waals surface area contributed by atoms with Crippen molar-refractivity contribution in [3.63, 3.8) is 0 Å². The number of benzene rings is 2. The first-order valence-electron chi connectivity index (χ1n) is 6.47. The first-order chi connectivity index (χ1) is 8.97. The van der Waals surface area contributed by atoms with Crippen molar-refractivity contribution < 1.29 is 5.11 Å². The SMILES string of the molecule is Cc1cc(Br)cc(C(O)Cc2c(C)cccc2C)c1. The molecule has 0 aliphatic rings. The number of aryl methyl sites for hydroxylation is 3. The molecule has 2 aromatic carbocycles. The smallest absolute Gasteiger partial charge is 0.0831 e. The number of aliphatic hydroxyl groups is 1. The van der Waals surface area contributed by atoms with Gasteiger partial charge in [0.1, 0.15) is 0 Å². The molecule has 100 valence electrons. The summed E-state index contributed by atoms with van der Waals surface area (Å²) < 4.78 is 1.02. The number of aliphatic hydroxyl groups excluding tert-OH is 1. The summed E-state index contributed by atoms with van der Waals surface area (Å²) in [5.41, 5.74) is 5.85. The second-order valence-electron chi connectivity index (χ2n) is 5.15. The van der Waals surface area contributed by atoms with Crippen LogP contribution < -0.4 is 0 Å². The van der Waals surface area contributed by atoms with Crippen molar-refractivity contribution in [2.45, 2.75) is 33.3 Å². The van der Waals surface area contributed by atoms with Crippen molar-refractivity contribution in [2.75, 3.05) is 0 Å². The summed E-state index contributed by atoms with van der Waals surface area (Å²) in [5.74, 6) is 0. The minimum Gasteiger partial charge on any atom is -0.388 e. The van der Waals surface area contributed by atoms with Crippen LogP contribution in [0.1, 0.15) is 33.9 Å². The Morgan fingerprint density at radius 1 is 1.05 bits per heavy atom. The van der Waals surface area contributed by atoms with Crippen molar-refractivity contribution in [3.05, 3.63) is 68.7 Å². The molecule has 0 radical (unpaired) electrons. The lowest BCUT2D eigenvalue weighted by Crippen LogP contribution is -2.05. The summed E-state index contributed by atoms with van der Waals surface area (Å²) >= 11 is 3.48. The third-order valence-electron chi connectivity index (χ3n) is 3.49. The molecule has 0 aliphatic carbocycles. The molecule has 0 amide bonds. The molecule has 0 spiro atoms. The predicted octanol–water partition coefficient (Wildman–Crippen LogP) is 4.65. The topological polar surface area (TPSA) is 20.2 Å². The Balaban J connectivity index is 2.28. The van der Waals surface area contributed by atoms with Gasteiger partial charge in [0, 0.05) is 10.9 Å². The Morgan fingerprint density at radius 3 is 2.26 bits per heavy atom. The Bertz CT molecular complexity index is 549. The van der Waals surface area contributed by atoms with E-state index in [1.807, 2.05) is 19.1 Å². The fourth-order valence-electron chi connectivity index (χ4n) is 2.44. The highest BCUT2D eigenvalue weighted by Gasteiger charge is 2.12. The van der Waals surface area contributed by atoms with Crippen LogP contribution in [-0.2, 0) is 6.42 Å². The summed E-state index contributed by atoms with van der Waals surface area (Å²) in [4.78, 5) is 0. The van der Waals surface area contributed by atoms with Gasteiger partial charge in [0.15, 0.2) is 0 Å². The van der Waals surface area contributed by atoms with Gasteiger partial charge in [-0.25, -0.2) is 0 Å². The third kappa shape index (κ3) is 3.46. The van der Waals surface area contributed by atoms with E-state index in [0.717, 1.165) is 15.6 Å². The van der Waals surface area contributed by atoms with E-state index in [0.29, 0.717) is 6.42 Å². The van der Waals surface area contributed by atoms with Crippen LogP contribution in [0.25, 0.3) is 0 Å². The first kappa shape index (κ1) is 14.3. The van der Waals surface area contributed by atoms with Crippen LogP contribution in [0.4, 0.5) is 0 Å². The Hall–Kier alpha value is -1.12. The molecule has 2 aromatic rings. The lowest BCUT2D eigenvalue weighted by Gasteiger charge is -2.16. The lowest BCUT2D eigenvalue weighted by atomic mass is 9.94. The maximum atomic E-state index is 10.5. The zero-order chi connectivity index (χ0) is 14.0. The average molecular weight is 319 g/mol. The van der Waals surface area contributed by atoms with Gasteiger partial charge >= 0.3 is 0 Å². The minimum absolute atomic E-state index is 0.462. The van der Waals surface area contributed by atoms with Gasteiger partial charge in [0.05, 0.1) is 6.10 Å². The van der Waals surface area contributed by atoms with E-state index in [2.05, 4.69) is 54.0 Å². The normalized spacial score (nSPS) is 12.5. The van der Waals surface area contributed by atoms with Crippen LogP contribution in [0.3, 0.4) is 0 Å². The summed E-state index contributed by atoms with van der Waals surface area (Å²) in [7, 11) is 0. The van der Waals surface area contributed by atoms with E-state index in [-0.39, 0.29) is 0 Å². The molecule has 0 aliphatic heterocycles. The largest absolute Gasteiger partial charge is 0.388 e. The number of hydrogen-bond donors (Lipinski definition) is 1. The maximum absolute atomic E-state index is 10.5.